The molecule has 1 fully saturated rings. The second-order valence-electron chi connectivity index (χ2n) is 5.02. The van der Waals surface area contributed by atoms with E-state index >= 15 is 0 Å². The number of halogens is 3. The first kappa shape index (κ1) is 11.8. The lowest BCUT2D eigenvalue weighted by Gasteiger charge is -2.32. The van der Waals surface area contributed by atoms with Crippen LogP contribution in [0.1, 0.15) is 32.3 Å². The molecule has 0 spiro atoms. The summed E-state index contributed by atoms with van der Waals surface area (Å²) in [5.41, 5.74) is 5.16. The van der Waals surface area contributed by atoms with E-state index < -0.39 is 22.6 Å². The molecule has 1 aromatic carbocycles. The summed E-state index contributed by atoms with van der Waals surface area (Å²) in [5.74, 6) is -1.06. The van der Waals surface area contributed by atoms with E-state index in [-0.39, 0.29) is 10.6 Å². The summed E-state index contributed by atoms with van der Waals surface area (Å²) in [6.07, 6.45) is 1.49. The minimum atomic E-state index is -0.606. The fraction of sp³-hybridized carbons (Fsp3) is 0.500. The van der Waals surface area contributed by atoms with E-state index in [1.807, 2.05) is 13.8 Å². The highest BCUT2D eigenvalue weighted by molar-refractivity contribution is 6.31. The minimum Gasteiger partial charge on any atom is -0.325 e. The molecule has 0 atom stereocenters. The Morgan fingerprint density at radius 3 is 2.19 bits per heavy atom. The lowest BCUT2D eigenvalue weighted by molar-refractivity contribution is 0.377. The Kier molecular flexibility index (Phi) is 2.52. The van der Waals surface area contributed by atoms with Crippen LogP contribution < -0.4 is 5.73 Å². The molecule has 0 bridgehead atoms. The molecule has 2 rings (SSSR count). The first-order chi connectivity index (χ1) is 7.29. The van der Waals surface area contributed by atoms with Gasteiger partial charge in [-0.15, -0.1) is 0 Å². The molecular formula is C12H14ClF2N. The van der Waals surface area contributed by atoms with E-state index in [4.69, 9.17) is 17.3 Å². The maximum Gasteiger partial charge on any atom is 0.142 e. The first-order valence-electron chi connectivity index (χ1n) is 5.22. The smallest absolute Gasteiger partial charge is 0.142 e. The standard InChI is InChI=1S/C12H14ClF2N/c1-11(2,16)12(5-6-12)9-7(14)3-4-8(15)10(9)13/h3-4H,5-6,16H2,1-2H3. The largest absolute Gasteiger partial charge is 0.325 e. The number of nitrogens with two attached hydrogens (primary N) is 1. The highest BCUT2D eigenvalue weighted by atomic mass is 35.5. The summed E-state index contributed by atoms with van der Waals surface area (Å²) in [6, 6.07) is 2.16. The van der Waals surface area contributed by atoms with Gasteiger partial charge < -0.3 is 5.73 Å². The molecule has 0 amide bonds. The monoisotopic (exact) mass is 245 g/mol. The van der Waals surface area contributed by atoms with Gasteiger partial charge >= 0.3 is 0 Å². The average Bonchev–Trinajstić information content (AvgIpc) is 2.92. The van der Waals surface area contributed by atoms with Gasteiger partial charge in [-0.25, -0.2) is 8.78 Å². The molecule has 1 saturated carbocycles. The fourth-order valence-corrected chi connectivity index (χ4v) is 2.64. The van der Waals surface area contributed by atoms with Gasteiger partial charge in [0.25, 0.3) is 0 Å². The zero-order chi connectivity index (χ0) is 12.1. The first-order valence-corrected chi connectivity index (χ1v) is 5.60. The Morgan fingerprint density at radius 2 is 1.75 bits per heavy atom. The van der Waals surface area contributed by atoms with Crippen molar-refractivity contribution in [1.82, 2.24) is 0 Å². The van der Waals surface area contributed by atoms with Crippen molar-refractivity contribution in [3.63, 3.8) is 0 Å². The molecule has 1 aromatic rings. The van der Waals surface area contributed by atoms with Gasteiger partial charge in [0, 0.05) is 16.5 Å². The molecule has 16 heavy (non-hydrogen) atoms. The van der Waals surface area contributed by atoms with Crippen molar-refractivity contribution in [2.75, 3.05) is 0 Å². The van der Waals surface area contributed by atoms with Crippen molar-refractivity contribution in [2.24, 2.45) is 5.73 Å². The number of benzene rings is 1. The number of hydrogen-bond donors (Lipinski definition) is 1. The quantitative estimate of drug-likeness (QED) is 0.795. The van der Waals surface area contributed by atoms with Crippen molar-refractivity contribution in [2.45, 2.75) is 37.6 Å². The zero-order valence-electron chi connectivity index (χ0n) is 9.28. The Hall–Kier alpha value is -0.670. The predicted molar refractivity (Wildman–Crippen MR) is 60.5 cm³/mol. The summed E-state index contributed by atoms with van der Waals surface area (Å²) >= 11 is 5.86. The van der Waals surface area contributed by atoms with Gasteiger partial charge in [0.15, 0.2) is 0 Å². The maximum atomic E-state index is 13.8. The van der Waals surface area contributed by atoms with Crippen LogP contribution in [0.2, 0.25) is 5.02 Å². The van der Waals surface area contributed by atoms with Crippen LogP contribution in [0.4, 0.5) is 8.78 Å². The third kappa shape index (κ3) is 1.54. The van der Waals surface area contributed by atoms with E-state index in [2.05, 4.69) is 0 Å². The van der Waals surface area contributed by atoms with Crippen molar-refractivity contribution >= 4 is 11.6 Å². The normalized spacial score (nSPS) is 18.6. The second kappa shape index (κ2) is 3.41. The molecule has 88 valence electrons. The molecule has 1 nitrogen and oxygen atoms in total. The van der Waals surface area contributed by atoms with Gasteiger partial charge in [0.1, 0.15) is 11.6 Å². The molecule has 0 unspecified atom stereocenters. The zero-order valence-corrected chi connectivity index (χ0v) is 10.0. The van der Waals surface area contributed by atoms with Crippen LogP contribution in [0.25, 0.3) is 0 Å². The van der Waals surface area contributed by atoms with Gasteiger partial charge in [-0.1, -0.05) is 11.6 Å². The highest BCUT2D eigenvalue weighted by Crippen LogP contribution is 2.57. The van der Waals surface area contributed by atoms with Crippen molar-refractivity contribution < 1.29 is 8.78 Å². The summed E-state index contributed by atoms with van der Waals surface area (Å²) < 4.78 is 27.2. The SMILES string of the molecule is CC(C)(N)C1(c2c(F)ccc(F)c2Cl)CC1. The van der Waals surface area contributed by atoms with Crippen molar-refractivity contribution in [1.29, 1.82) is 0 Å². The predicted octanol–water partition coefficient (Wildman–Crippen LogP) is 3.39. The molecule has 2 N–H and O–H groups in total. The van der Waals surface area contributed by atoms with Gasteiger partial charge in [0.2, 0.25) is 0 Å². The van der Waals surface area contributed by atoms with Crippen molar-refractivity contribution in [3.05, 3.63) is 34.4 Å². The second-order valence-corrected chi connectivity index (χ2v) is 5.40. The van der Waals surface area contributed by atoms with E-state index in [0.29, 0.717) is 0 Å². The molecule has 1 aliphatic rings. The molecule has 4 heteroatoms. The average molecular weight is 246 g/mol. The Morgan fingerprint density at radius 1 is 1.25 bits per heavy atom. The Bertz CT molecular complexity index is 433. The highest BCUT2D eigenvalue weighted by Gasteiger charge is 2.56. The minimum absolute atomic E-state index is 0.129. The molecule has 0 saturated heterocycles. The summed E-state index contributed by atoms with van der Waals surface area (Å²) in [7, 11) is 0. The van der Waals surface area contributed by atoms with Crippen LogP contribution >= 0.6 is 11.6 Å². The van der Waals surface area contributed by atoms with Gasteiger partial charge in [-0.3, -0.25) is 0 Å². The molecular weight excluding hydrogens is 232 g/mol. The summed E-state index contributed by atoms with van der Waals surface area (Å²) in [6.45, 7) is 3.64. The van der Waals surface area contributed by atoms with Gasteiger partial charge in [-0.2, -0.15) is 0 Å². The van der Waals surface area contributed by atoms with E-state index in [9.17, 15) is 8.78 Å². The molecule has 1 aliphatic carbocycles. The third-order valence-electron chi connectivity index (χ3n) is 3.51. The third-order valence-corrected chi connectivity index (χ3v) is 3.88. The summed E-state index contributed by atoms with van der Waals surface area (Å²) in [4.78, 5) is 0. The van der Waals surface area contributed by atoms with E-state index in [0.717, 1.165) is 25.0 Å². The number of hydrogen-bond acceptors (Lipinski definition) is 1. The van der Waals surface area contributed by atoms with Crippen molar-refractivity contribution in [3.8, 4) is 0 Å². The fourth-order valence-electron chi connectivity index (χ4n) is 2.31. The van der Waals surface area contributed by atoms with Crippen LogP contribution in [-0.4, -0.2) is 5.54 Å². The Labute approximate surface area is 98.6 Å². The number of rotatable bonds is 2. The van der Waals surface area contributed by atoms with E-state index in [1.54, 1.807) is 0 Å². The summed E-state index contributed by atoms with van der Waals surface area (Å²) in [5, 5.41) is -0.129. The lowest BCUT2D eigenvalue weighted by Crippen LogP contribution is -2.45. The lowest BCUT2D eigenvalue weighted by atomic mass is 9.79. The van der Waals surface area contributed by atoms with Gasteiger partial charge in [0.05, 0.1) is 5.02 Å². The van der Waals surface area contributed by atoms with Crippen LogP contribution in [-0.2, 0) is 5.41 Å². The molecule has 0 radical (unpaired) electrons. The van der Waals surface area contributed by atoms with E-state index in [1.165, 1.54) is 0 Å². The molecule has 0 aromatic heterocycles. The van der Waals surface area contributed by atoms with Crippen LogP contribution in [0.5, 0.6) is 0 Å². The van der Waals surface area contributed by atoms with Crippen LogP contribution in [0.3, 0.4) is 0 Å². The molecule has 0 aliphatic heterocycles. The van der Waals surface area contributed by atoms with Crippen LogP contribution in [0, 0.1) is 11.6 Å². The molecule has 0 heterocycles. The van der Waals surface area contributed by atoms with Crippen LogP contribution in [0.15, 0.2) is 12.1 Å². The maximum absolute atomic E-state index is 13.8. The topological polar surface area (TPSA) is 26.0 Å². The van der Waals surface area contributed by atoms with Gasteiger partial charge in [-0.05, 0) is 38.8 Å². The Balaban J connectivity index is 2.62.